The van der Waals surface area contributed by atoms with E-state index in [4.69, 9.17) is 24.3 Å². The van der Waals surface area contributed by atoms with Crippen molar-refractivity contribution in [1.29, 1.82) is 0 Å². The molecule has 0 atom stereocenters. The number of benzene rings is 2. The molecule has 352 valence electrons. The number of aromatic nitrogens is 6. The van der Waals surface area contributed by atoms with Crippen molar-refractivity contribution in [2.45, 2.75) is 143 Å². The fraction of sp³-hybridized carbons (Fsp3) is 0.562. The van der Waals surface area contributed by atoms with Crippen LogP contribution in [-0.2, 0) is 53.8 Å². The molecule has 65 heavy (non-hydrogen) atoms. The van der Waals surface area contributed by atoms with Gasteiger partial charge in [0.05, 0.1) is 54.6 Å². The molecule has 0 bridgehead atoms. The molecule has 3 aromatic heterocycles. The van der Waals surface area contributed by atoms with Crippen LogP contribution in [0.15, 0.2) is 36.7 Å². The van der Waals surface area contributed by atoms with Gasteiger partial charge in [-0.3, -0.25) is 4.79 Å². The highest BCUT2D eigenvalue weighted by Crippen LogP contribution is 2.39. The third kappa shape index (κ3) is 12.0. The lowest BCUT2D eigenvalue weighted by atomic mass is 9.93. The molecule has 13 nitrogen and oxygen atoms in total. The predicted molar refractivity (Wildman–Crippen MR) is 265 cm³/mol. The van der Waals surface area contributed by atoms with E-state index in [-0.39, 0.29) is 37.3 Å². The van der Waals surface area contributed by atoms with Gasteiger partial charge in [0, 0.05) is 68.1 Å². The van der Waals surface area contributed by atoms with Gasteiger partial charge in [-0.25, -0.2) is 24.0 Å². The van der Waals surface area contributed by atoms with Crippen molar-refractivity contribution in [1.82, 2.24) is 34.2 Å². The van der Waals surface area contributed by atoms with E-state index in [0.717, 1.165) is 77.7 Å². The minimum absolute atomic E-state index is 0.0177. The second-order valence-corrected chi connectivity index (χ2v) is 38.3. The van der Waals surface area contributed by atoms with Crippen molar-refractivity contribution in [3.8, 4) is 28.4 Å². The molecule has 17 heteroatoms. The normalized spacial score (nSPS) is 14.8. The van der Waals surface area contributed by atoms with Gasteiger partial charge in [0.1, 0.15) is 42.2 Å². The van der Waals surface area contributed by atoms with Gasteiger partial charge in [-0.2, -0.15) is 5.10 Å². The summed E-state index contributed by atoms with van der Waals surface area (Å²) in [4.78, 5) is 32.3. The minimum Gasteiger partial charge on any atom is -0.507 e. The molecule has 0 saturated carbocycles. The molecule has 5 heterocycles. The molecule has 1 saturated heterocycles. The summed E-state index contributed by atoms with van der Waals surface area (Å²) in [5.74, 6) is 0.714. The number of rotatable bonds is 20. The number of ether oxygens (including phenoxy) is 3. The maximum absolute atomic E-state index is 16.0. The molecule has 2 aliphatic heterocycles. The molecular formula is C48H71FN8O5Si3. The summed E-state index contributed by atoms with van der Waals surface area (Å²) in [7, 11) is -4.06. The second-order valence-electron chi connectivity index (χ2n) is 21.4. The predicted octanol–water partition coefficient (Wildman–Crippen LogP) is 10.4. The number of amides is 1. The Labute approximate surface area is 387 Å². The molecule has 1 N–H and O–H groups in total. The standard InChI is InChI=1S/C48H71FN8O5Si3/c1-11-35-37(26-39(49)38(46(35)58)31-60-19-22-63(2,3)4)34-15-16-36-42(25-34)57(33-62-21-24-65(8,9)10)53-45(36)47-52-41-29-55(30-43(41)56(47)32-61-20-23-64(5,6)7)48(59)40-27-51-44(28-50-40)54-17-13-12-14-18-54/h15-16,25-28,58H,11-14,17-24,29-33H2,1-10H3. The van der Waals surface area contributed by atoms with E-state index in [0.29, 0.717) is 67.7 Å². The second kappa shape index (κ2) is 20.3. The average Bonchev–Trinajstić information content (AvgIpc) is 3.93. The SMILES string of the molecule is CCc1c(-c2ccc3c(-c4nc5c(n4COCC[Si](C)(C)C)CN(C(=O)c4cnc(N6CCCCC6)cn4)C5)nn(COCC[Si](C)(C)C)c3c2)cc(F)c(COCC[Si](C)(C)C)c1O. The number of nitrogens with zero attached hydrogens (tertiary/aromatic N) is 8. The van der Waals surface area contributed by atoms with E-state index >= 15 is 4.39 Å². The number of halogens is 1. The number of anilines is 1. The first-order chi connectivity index (χ1) is 30.8. The van der Waals surface area contributed by atoms with Crippen molar-refractivity contribution < 1.29 is 28.5 Å². The Morgan fingerprint density at radius 3 is 2.09 bits per heavy atom. The molecule has 0 aliphatic carbocycles. The van der Waals surface area contributed by atoms with E-state index in [2.05, 4.69) is 78.4 Å². The summed E-state index contributed by atoms with van der Waals surface area (Å²) in [6.07, 6.45) is 7.31. The summed E-state index contributed by atoms with van der Waals surface area (Å²) in [5.41, 5.74) is 5.68. The Kier molecular flexibility index (Phi) is 15.2. The lowest BCUT2D eigenvalue weighted by Crippen LogP contribution is -2.31. The molecule has 7 rings (SSSR count). The molecule has 2 aromatic carbocycles. The fourth-order valence-corrected chi connectivity index (χ4v) is 10.6. The highest BCUT2D eigenvalue weighted by atomic mass is 28.3. The quantitative estimate of drug-likeness (QED) is 0.0594. The fourth-order valence-electron chi connectivity index (χ4n) is 8.30. The van der Waals surface area contributed by atoms with Crippen LogP contribution in [0.3, 0.4) is 0 Å². The van der Waals surface area contributed by atoms with Crippen LogP contribution in [0.5, 0.6) is 5.75 Å². The van der Waals surface area contributed by atoms with Gasteiger partial charge in [0.15, 0.2) is 5.82 Å². The van der Waals surface area contributed by atoms with Crippen LogP contribution >= 0.6 is 0 Å². The van der Waals surface area contributed by atoms with Crippen molar-refractivity contribution in [2.75, 3.05) is 37.8 Å². The molecule has 1 amide bonds. The topological polar surface area (TPSA) is 133 Å². The van der Waals surface area contributed by atoms with Crippen LogP contribution in [0.1, 0.15) is 59.2 Å². The first-order valence-electron chi connectivity index (χ1n) is 23.5. The van der Waals surface area contributed by atoms with Crippen LogP contribution in [0.4, 0.5) is 10.2 Å². The highest BCUT2D eigenvalue weighted by Gasteiger charge is 2.33. The van der Waals surface area contributed by atoms with Crippen LogP contribution < -0.4 is 4.90 Å². The van der Waals surface area contributed by atoms with Crippen molar-refractivity contribution in [3.05, 3.63) is 70.7 Å². The van der Waals surface area contributed by atoms with Crippen molar-refractivity contribution >= 4 is 46.8 Å². The summed E-state index contributed by atoms with van der Waals surface area (Å²) in [6, 6.07) is 10.5. The van der Waals surface area contributed by atoms with E-state index in [1.807, 2.05) is 29.8 Å². The Bertz CT molecular complexity index is 2450. The third-order valence-electron chi connectivity index (χ3n) is 12.4. The Hall–Kier alpha value is -4.27. The van der Waals surface area contributed by atoms with Crippen LogP contribution in [0.25, 0.3) is 33.5 Å². The third-order valence-corrected chi connectivity index (χ3v) is 17.5. The monoisotopic (exact) mass is 942 g/mol. The molecule has 2 aliphatic rings. The molecule has 0 unspecified atom stereocenters. The zero-order chi connectivity index (χ0) is 46.7. The maximum atomic E-state index is 16.0. The Morgan fingerprint density at radius 2 is 1.46 bits per heavy atom. The van der Waals surface area contributed by atoms with E-state index < -0.39 is 30.0 Å². The van der Waals surface area contributed by atoms with Gasteiger partial charge >= 0.3 is 0 Å². The summed E-state index contributed by atoms with van der Waals surface area (Å²) in [5, 5.41) is 17.5. The van der Waals surface area contributed by atoms with Crippen molar-refractivity contribution in [2.24, 2.45) is 0 Å². The van der Waals surface area contributed by atoms with Crippen molar-refractivity contribution in [3.63, 3.8) is 0 Å². The minimum atomic E-state index is -1.37. The molecule has 5 aromatic rings. The van der Waals surface area contributed by atoms with Gasteiger partial charge < -0.3 is 33.7 Å². The molecule has 1 fully saturated rings. The Balaban J connectivity index is 1.23. The lowest BCUT2D eigenvalue weighted by molar-refractivity contribution is 0.0717. The first-order valence-corrected chi connectivity index (χ1v) is 34.6. The summed E-state index contributed by atoms with van der Waals surface area (Å²) < 4.78 is 38.5. The first kappa shape index (κ1) is 48.7. The molecule has 0 radical (unpaired) electrons. The molecular weight excluding hydrogens is 872 g/mol. The summed E-state index contributed by atoms with van der Waals surface area (Å²) >= 11 is 0. The Morgan fingerprint density at radius 1 is 0.800 bits per heavy atom. The number of hydrogen-bond acceptors (Lipinski definition) is 10. The van der Waals surface area contributed by atoms with Crippen LogP contribution in [0.2, 0.25) is 77.1 Å². The number of phenolic OH excluding ortho intramolecular Hbond substituents is 1. The van der Waals surface area contributed by atoms with Gasteiger partial charge in [0.25, 0.3) is 5.91 Å². The number of carbonyl (C=O) groups excluding carboxylic acids is 1. The number of piperidine rings is 1. The summed E-state index contributed by atoms with van der Waals surface area (Å²) in [6.45, 7) is 27.6. The maximum Gasteiger partial charge on any atom is 0.274 e. The van der Waals surface area contributed by atoms with Gasteiger partial charge in [-0.1, -0.05) is 71.9 Å². The zero-order valence-electron chi connectivity index (χ0n) is 40.5. The van der Waals surface area contributed by atoms with E-state index in [1.54, 1.807) is 17.3 Å². The van der Waals surface area contributed by atoms with Crippen LogP contribution in [-0.4, -0.2) is 102 Å². The van der Waals surface area contributed by atoms with E-state index in [1.165, 1.54) is 12.5 Å². The smallest absolute Gasteiger partial charge is 0.274 e. The molecule has 0 spiro atoms. The number of carbonyl (C=O) groups is 1. The zero-order valence-corrected chi connectivity index (χ0v) is 43.5. The lowest BCUT2D eigenvalue weighted by Gasteiger charge is -2.27. The average molecular weight is 943 g/mol. The number of fused-ring (bicyclic) bond motifs is 2. The van der Waals surface area contributed by atoms with E-state index in [9.17, 15) is 9.90 Å². The number of imidazole rings is 1. The van der Waals surface area contributed by atoms with Gasteiger partial charge in [-0.15, -0.1) is 0 Å². The number of aromatic hydroxyl groups is 1. The number of phenols is 1. The van der Waals surface area contributed by atoms with Gasteiger partial charge in [0.2, 0.25) is 0 Å². The highest BCUT2D eigenvalue weighted by molar-refractivity contribution is 6.76. The largest absolute Gasteiger partial charge is 0.507 e. The number of hydrogen-bond donors (Lipinski definition) is 1. The van der Waals surface area contributed by atoms with Crippen LogP contribution in [0, 0.1) is 5.82 Å². The van der Waals surface area contributed by atoms with Gasteiger partial charge in [-0.05, 0) is 73.1 Å².